The van der Waals surface area contributed by atoms with Gasteiger partial charge in [-0.15, -0.1) is 0 Å². The van der Waals surface area contributed by atoms with E-state index in [4.69, 9.17) is 5.73 Å². The van der Waals surface area contributed by atoms with Gasteiger partial charge >= 0.3 is 0 Å². The summed E-state index contributed by atoms with van der Waals surface area (Å²) >= 11 is 2.36. The molecule has 2 atom stereocenters. The average molecular weight is 343 g/mol. The van der Waals surface area contributed by atoms with Crippen LogP contribution in [0.15, 0.2) is 24.3 Å². The first kappa shape index (κ1) is 13.3. The molecule has 0 heterocycles. The van der Waals surface area contributed by atoms with Crippen LogP contribution < -0.4 is 5.73 Å². The zero-order valence-corrected chi connectivity index (χ0v) is 12.7. The van der Waals surface area contributed by atoms with E-state index < -0.39 is 0 Å². The van der Waals surface area contributed by atoms with Gasteiger partial charge < -0.3 is 5.73 Å². The summed E-state index contributed by atoms with van der Waals surface area (Å²) in [5, 5.41) is 0. The highest BCUT2D eigenvalue weighted by atomic mass is 127. The maximum absolute atomic E-state index is 6.08. The molecule has 0 saturated heterocycles. The minimum atomic E-state index is 0.366. The molecule has 1 aliphatic rings. The fraction of sp³-hybridized carbons (Fsp3) is 0.600. The lowest BCUT2D eigenvalue weighted by Gasteiger charge is -2.39. The van der Waals surface area contributed by atoms with Crippen molar-refractivity contribution in [2.75, 3.05) is 6.54 Å². The fourth-order valence-corrected chi connectivity index (χ4v) is 3.58. The van der Waals surface area contributed by atoms with E-state index >= 15 is 0 Å². The molecule has 0 radical (unpaired) electrons. The Morgan fingerprint density at radius 2 is 2.06 bits per heavy atom. The van der Waals surface area contributed by atoms with Crippen LogP contribution in [0.3, 0.4) is 0 Å². The van der Waals surface area contributed by atoms with Gasteiger partial charge in [-0.2, -0.15) is 0 Å². The van der Waals surface area contributed by atoms with Gasteiger partial charge in [0.1, 0.15) is 0 Å². The summed E-state index contributed by atoms with van der Waals surface area (Å²) in [4.78, 5) is 0. The van der Waals surface area contributed by atoms with Crippen molar-refractivity contribution >= 4 is 22.6 Å². The van der Waals surface area contributed by atoms with E-state index in [9.17, 15) is 0 Å². The minimum Gasteiger partial charge on any atom is -0.330 e. The van der Waals surface area contributed by atoms with Gasteiger partial charge in [-0.3, -0.25) is 0 Å². The fourth-order valence-electron chi connectivity index (χ4n) is 3.22. The van der Waals surface area contributed by atoms with Gasteiger partial charge in [-0.05, 0) is 77.4 Å². The van der Waals surface area contributed by atoms with Gasteiger partial charge in [0.15, 0.2) is 0 Å². The van der Waals surface area contributed by atoms with E-state index in [0.717, 1.165) is 18.9 Å². The molecular formula is C15H22IN. The van der Waals surface area contributed by atoms with E-state index in [1.54, 1.807) is 0 Å². The third-order valence-electron chi connectivity index (χ3n) is 4.11. The number of benzene rings is 1. The molecule has 1 aromatic rings. The van der Waals surface area contributed by atoms with Crippen LogP contribution >= 0.6 is 22.6 Å². The van der Waals surface area contributed by atoms with E-state index in [1.807, 2.05) is 0 Å². The molecule has 1 aliphatic carbocycles. The average Bonchev–Trinajstić information content (AvgIpc) is 2.32. The van der Waals surface area contributed by atoms with Crippen molar-refractivity contribution in [3.8, 4) is 0 Å². The highest BCUT2D eigenvalue weighted by molar-refractivity contribution is 14.1. The van der Waals surface area contributed by atoms with Crippen LogP contribution in [-0.2, 0) is 6.42 Å². The Balaban J connectivity index is 2.10. The van der Waals surface area contributed by atoms with Crippen LogP contribution in [0.1, 0.15) is 38.2 Å². The third kappa shape index (κ3) is 3.44. The monoisotopic (exact) mass is 343 g/mol. The molecule has 2 heteroatoms. The molecule has 1 nitrogen and oxygen atoms in total. The van der Waals surface area contributed by atoms with E-state index in [1.165, 1.54) is 34.8 Å². The summed E-state index contributed by atoms with van der Waals surface area (Å²) in [7, 11) is 0. The van der Waals surface area contributed by atoms with Gasteiger partial charge in [-0.1, -0.05) is 31.9 Å². The SMILES string of the molecule is CC1CCCC(CN)(Cc2ccc(I)cc2)C1. The van der Waals surface area contributed by atoms with Crippen LogP contribution in [0.2, 0.25) is 0 Å². The van der Waals surface area contributed by atoms with E-state index in [2.05, 4.69) is 53.8 Å². The second kappa shape index (κ2) is 5.70. The molecule has 0 amide bonds. The minimum absolute atomic E-state index is 0.366. The maximum Gasteiger partial charge on any atom is 0.0130 e. The highest BCUT2D eigenvalue weighted by Crippen LogP contribution is 2.41. The number of hydrogen-bond acceptors (Lipinski definition) is 1. The lowest BCUT2D eigenvalue weighted by molar-refractivity contribution is 0.154. The Morgan fingerprint density at radius 1 is 1.35 bits per heavy atom. The van der Waals surface area contributed by atoms with Crippen molar-refractivity contribution in [1.29, 1.82) is 0 Å². The highest BCUT2D eigenvalue weighted by Gasteiger charge is 2.33. The van der Waals surface area contributed by atoms with Gasteiger partial charge in [0.25, 0.3) is 0 Å². The van der Waals surface area contributed by atoms with Crippen LogP contribution in [0.25, 0.3) is 0 Å². The van der Waals surface area contributed by atoms with Crippen LogP contribution in [0.4, 0.5) is 0 Å². The Bertz CT molecular complexity index is 360. The Morgan fingerprint density at radius 3 is 2.65 bits per heavy atom. The molecule has 1 aromatic carbocycles. The molecule has 2 N–H and O–H groups in total. The molecule has 1 saturated carbocycles. The molecule has 2 rings (SSSR count). The first-order valence-corrected chi connectivity index (χ1v) is 7.66. The predicted molar refractivity (Wildman–Crippen MR) is 82.0 cm³/mol. The van der Waals surface area contributed by atoms with Crippen molar-refractivity contribution in [3.05, 3.63) is 33.4 Å². The Labute approximate surface area is 118 Å². The quantitative estimate of drug-likeness (QED) is 0.826. The molecule has 0 bridgehead atoms. The molecule has 0 aromatic heterocycles. The van der Waals surface area contributed by atoms with E-state index in [0.29, 0.717) is 5.41 Å². The molecular weight excluding hydrogens is 321 g/mol. The van der Waals surface area contributed by atoms with Gasteiger partial charge in [0.2, 0.25) is 0 Å². The maximum atomic E-state index is 6.08. The second-order valence-corrected chi connectivity index (χ2v) is 6.95. The summed E-state index contributed by atoms with van der Waals surface area (Å²) < 4.78 is 1.31. The first-order valence-electron chi connectivity index (χ1n) is 6.58. The smallest absolute Gasteiger partial charge is 0.0130 e. The van der Waals surface area contributed by atoms with Gasteiger partial charge in [0, 0.05) is 3.57 Å². The van der Waals surface area contributed by atoms with Crippen LogP contribution in [0.5, 0.6) is 0 Å². The first-order chi connectivity index (χ1) is 8.13. The topological polar surface area (TPSA) is 26.0 Å². The summed E-state index contributed by atoms with van der Waals surface area (Å²) in [5.74, 6) is 0.844. The predicted octanol–water partition coefficient (Wildman–Crippen LogP) is 3.99. The van der Waals surface area contributed by atoms with Crippen LogP contribution in [0, 0.1) is 14.9 Å². The molecule has 2 unspecified atom stereocenters. The number of nitrogens with two attached hydrogens (primary N) is 1. The Kier molecular flexibility index (Phi) is 4.47. The van der Waals surface area contributed by atoms with Crippen molar-refractivity contribution < 1.29 is 0 Å². The molecule has 0 spiro atoms. The lowest BCUT2D eigenvalue weighted by atomic mass is 9.67. The molecule has 0 aliphatic heterocycles. The molecule has 1 fully saturated rings. The molecule has 94 valence electrons. The Hall–Kier alpha value is -0.0900. The largest absolute Gasteiger partial charge is 0.330 e. The van der Waals surface area contributed by atoms with Gasteiger partial charge in [-0.25, -0.2) is 0 Å². The number of halogens is 1. The van der Waals surface area contributed by atoms with Crippen molar-refractivity contribution in [3.63, 3.8) is 0 Å². The standard InChI is InChI=1S/C15H22IN/c1-12-3-2-8-15(9-12,11-17)10-13-4-6-14(16)7-5-13/h4-7,12H,2-3,8-11,17H2,1H3. The van der Waals surface area contributed by atoms with Crippen molar-refractivity contribution in [2.24, 2.45) is 17.1 Å². The summed E-state index contributed by atoms with van der Waals surface area (Å²) in [6.07, 6.45) is 6.50. The zero-order chi connectivity index (χ0) is 12.3. The normalized spacial score (nSPS) is 29.2. The molecule has 17 heavy (non-hydrogen) atoms. The summed E-state index contributed by atoms with van der Waals surface area (Å²) in [5.41, 5.74) is 7.89. The van der Waals surface area contributed by atoms with Gasteiger partial charge in [0.05, 0.1) is 0 Å². The second-order valence-electron chi connectivity index (χ2n) is 5.71. The van der Waals surface area contributed by atoms with E-state index in [-0.39, 0.29) is 0 Å². The number of rotatable bonds is 3. The third-order valence-corrected chi connectivity index (χ3v) is 4.83. The zero-order valence-electron chi connectivity index (χ0n) is 10.6. The lowest BCUT2D eigenvalue weighted by Crippen LogP contribution is -2.37. The summed E-state index contributed by atoms with van der Waals surface area (Å²) in [6, 6.07) is 8.93. The van der Waals surface area contributed by atoms with Crippen molar-refractivity contribution in [1.82, 2.24) is 0 Å². The van der Waals surface area contributed by atoms with Crippen molar-refractivity contribution in [2.45, 2.75) is 39.0 Å². The number of hydrogen-bond donors (Lipinski definition) is 1. The van der Waals surface area contributed by atoms with Crippen LogP contribution in [-0.4, -0.2) is 6.54 Å². The summed E-state index contributed by atoms with van der Waals surface area (Å²) in [6.45, 7) is 3.21.